The second-order valence-corrected chi connectivity index (χ2v) is 19.2. The summed E-state index contributed by atoms with van der Waals surface area (Å²) in [7, 11) is 0. The number of benzene rings is 12. The lowest BCUT2D eigenvalue weighted by Gasteiger charge is -2.28. The number of hydrogen-bond donors (Lipinski definition) is 0. The van der Waals surface area contributed by atoms with Gasteiger partial charge in [-0.25, -0.2) is 4.39 Å². The van der Waals surface area contributed by atoms with Gasteiger partial charge in [0, 0.05) is 22.5 Å². The molecule has 0 spiro atoms. The standard InChI is InChI=1S/C69H48FN/c1-69(2)65-42-46(28-38-58(65)59-39-37-54(44-66(59)69)71(52-35-32-51(70)33-36-52)53-34-31-47-14-6-7-17-50(47)43-53)25-24-45-26-29-49(30-27-45)67-60-20-10-12-22-62(60)68(63-23-13-11-21-61(63)67)64-41-40-55(48-15-4-3-5-16-48)56-18-8-9-19-57(56)64/h3-44H,1-2H3/b25-24+/i24D,25D. The van der Waals surface area contributed by atoms with Crippen LogP contribution in [0.15, 0.2) is 243 Å². The van der Waals surface area contributed by atoms with Crippen molar-refractivity contribution >= 4 is 72.3 Å². The normalized spacial score (nSPS) is 13.5. The molecule has 0 saturated heterocycles. The molecule has 12 aromatic carbocycles. The highest BCUT2D eigenvalue weighted by molar-refractivity contribution is 6.24. The van der Waals surface area contributed by atoms with Gasteiger partial charge in [-0.1, -0.05) is 220 Å². The summed E-state index contributed by atoms with van der Waals surface area (Å²) >= 11 is 0. The maximum Gasteiger partial charge on any atom is 0.123 e. The minimum absolute atomic E-state index is 0.170. The first-order valence-corrected chi connectivity index (χ1v) is 24.3. The Balaban J connectivity index is 0.850. The molecule has 0 aliphatic heterocycles. The van der Waals surface area contributed by atoms with Crippen molar-refractivity contribution in [1.82, 2.24) is 0 Å². The molecule has 0 aromatic heterocycles. The second-order valence-electron chi connectivity index (χ2n) is 19.2. The fourth-order valence-electron chi connectivity index (χ4n) is 11.3. The minimum atomic E-state index is -0.404. The van der Waals surface area contributed by atoms with Crippen LogP contribution in [0.3, 0.4) is 0 Å². The molecule has 336 valence electrons. The van der Waals surface area contributed by atoms with E-state index in [1.54, 1.807) is 0 Å². The van der Waals surface area contributed by atoms with Gasteiger partial charge in [0.1, 0.15) is 5.82 Å². The van der Waals surface area contributed by atoms with E-state index >= 15 is 0 Å². The van der Waals surface area contributed by atoms with Crippen LogP contribution in [0.1, 0.15) is 38.8 Å². The Hall–Kier alpha value is -8.85. The number of fused-ring (bicyclic) bond motifs is 7. The van der Waals surface area contributed by atoms with Gasteiger partial charge >= 0.3 is 0 Å². The molecule has 0 heterocycles. The van der Waals surface area contributed by atoms with Crippen molar-refractivity contribution in [2.45, 2.75) is 19.3 Å². The Morgan fingerprint density at radius 3 is 1.54 bits per heavy atom. The van der Waals surface area contributed by atoms with Crippen molar-refractivity contribution in [3.63, 3.8) is 0 Å². The van der Waals surface area contributed by atoms with Crippen molar-refractivity contribution in [3.8, 4) is 44.5 Å². The van der Waals surface area contributed by atoms with E-state index in [1.807, 2.05) is 42.5 Å². The predicted octanol–water partition coefficient (Wildman–Crippen LogP) is 19.4. The smallest absolute Gasteiger partial charge is 0.123 e. The van der Waals surface area contributed by atoms with Crippen molar-refractivity contribution in [1.29, 1.82) is 0 Å². The summed E-state index contributed by atoms with van der Waals surface area (Å²) in [5.41, 5.74) is 15.4. The summed E-state index contributed by atoms with van der Waals surface area (Å²) in [5.74, 6) is -0.279. The third-order valence-corrected chi connectivity index (χ3v) is 14.7. The second kappa shape index (κ2) is 17.0. The van der Waals surface area contributed by atoms with E-state index in [1.165, 1.54) is 61.5 Å². The SMILES string of the molecule is [2H]/C(=C(/[2H])c1ccc2c(c1)C(C)(C)c1cc(N(c3ccc(F)cc3)c3ccc4ccccc4c3)ccc1-2)c1ccc(-c2c3ccccc3c(-c3ccc(-c4ccccc4)c4ccccc34)c3ccccc23)cc1. The fraction of sp³-hybridized carbons (Fsp3) is 0.0435. The van der Waals surface area contributed by atoms with Crippen molar-refractivity contribution in [2.75, 3.05) is 4.90 Å². The number of nitrogens with zero attached hydrogens (tertiary/aromatic N) is 1. The van der Waals surface area contributed by atoms with Crippen LogP contribution in [-0.4, -0.2) is 0 Å². The van der Waals surface area contributed by atoms with Crippen molar-refractivity contribution in [2.24, 2.45) is 0 Å². The van der Waals surface area contributed by atoms with Gasteiger partial charge in [-0.15, -0.1) is 0 Å². The summed E-state index contributed by atoms with van der Waals surface area (Å²) in [4.78, 5) is 2.19. The van der Waals surface area contributed by atoms with E-state index < -0.39 is 5.41 Å². The van der Waals surface area contributed by atoms with E-state index in [9.17, 15) is 7.13 Å². The lowest BCUT2D eigenvalue weighted by molar-refractivity contribution is 0.628. The summed E-state index contributed by atoms with van der Waals surface area (Å²) in [6.07, 6.45) is 0. The monoisotopic (exact) mass is 911 g/mol. The highest BCUT2D eigenvalue weighted by atomic mass is 19.1. The maximum absolute atomic E-state index is 14.3. The van der Waals surface area contributed by atoms with Gasteiger partial charge in [0.2, 0.25) is 0 Å². The van der Waals surface area contributed by atoms with Crippen LogP contribution in [0.25, 0.3) is 99.7 Å². The summed E-state index contributed by atoms with van der Waals surface area (Å²) in [6.45, 7) is 4.47. The summed E-state index contributed by atoms with van der Waals surface area (Å²) < 4.78 is 33.2. The highest BCUT2D eigenvalue weighted by Crippen LogP contribution is 2.52. The number of rotatable bonds is 8. The molecule has 12 aromatic rings. The molecular formula is C69H48FN. The molecule has 1 aliphatic rings. The van der Waals surface area contributed by atoms with E-state index in [4.69, 9.17) is 0 Å². The zero-order valence-electron chi connectivity index (χ0n) is 41.4. The number of anilines is 3. The van der Waals surface area contributed by atoms with Crippen LogP contribution in [0.4, 0.5) is 21.5 Å². The lowest BCUT2D eigenvalue weighted by Crippen LogP contribution is -2.16. The van der Waals surface area contributed by atoms with Gasteiger partial charge in [0.25, 0.3) is 0 Å². The Labute approximate surface area is 416 Å². The molecule has 0 saturated carbocycles. The zero-order chi connectivity index (χ0) is 49.4. The molecule has 13 rings (SSSR count). The summed E-state index contributed by atoms with van der Waals surface area (Å²) in [5, 5.41) is 9.40. The van der Waals surface area contributed by atoms with E-state index in [2.05, 4.69) is 207 Å². The largest absolute Gasteiger partial charge is 0.310 e. The molecule has 0 bridgehead atoms. The molecule has 0 amide bonds. The molecule has 0 atom stereocenters. The molecule has 0 unspecified atom stereocenters. The molecule has 71 heavy (non-hydrogen) atoms. The summed E-state index contributed by atoms with van der Waals surface area (Å²) in [6, 6.07) is 84.2. The van der Waals surface area contributed by atoms with E-state index in [-0.39, 0.29) is 17.9 Å². The Morgan fingerprint density at radius 2 is 0.845 bits per heavy atom. The average Bonchev–Trinajstić information content (AvgIpc) is 3.66. The maximum atomic E-state index is 14.3. The first kappa shape index (κ1) is 40.1. The minimum Gasteiger partial charge on any atom is -0.310 e. The Kier molecular flexibility index (Phi) is 9.58. The Morgan fingerprint density at radius 1 is 0.366 bits per heavy atom. The van der Waals surface area contributed by atoms with Gasteiger partial charge in [-0.05, 0) is 158 Å². The molecule has 1 nitrogen and oxygen atoms in total. The lowest BCUT2D eigenvalue weighted by atomic mass is 9.81. The van der Waals surface area contributed by atoms with Crippen LogP contribution < -0.4 is 4.90 Å². The highest BCUT2D eigenvalue weighted by Gasteiger charge is 2.36. The average molecular weight is 912 g/mol. The first-order valence-electron chi connectivity index (χ1n) is 25.3. The topological polar surface area (TPSA) is 3.24 Å². The van der Waals surface area contributed by atoms with Gasteiger partial charge in [-0.3, -0.25) is 0 Å². The molecule has 0 fully saturated rings. The van der Waals surface area contributed by atoms with Crippen molar-refractivity contribution in [3.05, 3.63) is 271 Å². The fourth-order valence-corrected chi connectivity index (χ4v) is 11.3. The van der Waals surface area contributed by atoms with Crippen LogP contribution >= 0.6 is 0 Å². The van der Waals surface area contributed by atoms with E-state index in [0.29, 0.717) is 11.1 Å². The number of halogens is 1. The molecule has 2 heteroatoms. The molecule has 0 radical (unpaired) electrons. The van der Waals surface area contributed by atoms with Crippen LogP contribution in [0, 0.1) is 5.82 Å². The van der Waals surface area contributed by atoms with Gasteiger partial charge in [0.15, 0.2) is 0 Å². The molecule has 0 N–H and O–H groups in total. The Bertz CT molecular complexity index is 4140. The van der Waals surface area contributed by atoms with Gasteiger partial charge < -0.3 is 4.90 Å². The van der Waals surface area contributed by atoms with Gasteiger partial charge in [-0.2, -0.15) is 0 Å². The first-order chi connectivity index (χ1) is 35.7. The van der Waals surface area contributed by atoms with Crippen LogP contribution in [0.2, 0.25) is 0 Å². The van der Waals surface area contributed by atoms with Crippen LogP contribution in [-0.2, 0) is 5.41 Å². The third-order valence-electron chi connectivity index (χ3n) is 14.7. The van der Waals surface area contributed by atoms with E-state index in [0.717, 1.165) is 66.4 Å². The van der Waals surface area contributed by atoms with Crippen molar-refractivity contribution < 1.29 is 7.13 Å². The van der Waals surface area contributed by atoms with Gasteiger partial charge in [0.05, 0.1) is 2.74 Å². The molecular weight excluding hydrogens is 862 g/mol. The number of hydrogen-bond acceptors (Lipinski definition) is 1. The zero-order valence-corrected chi connectivity index (χ0v) is 39.4. The predicted molar refractivity (Wildman–Crippen MR) is 300 cm³/mol. The quantitative estimate of drug-likeness (QED) is 0.108. The van der Waals surface area contributed by atoms with Crippen LogP contribution in [0.5, 0.6) is 0 Å². The third kappa shape index (κ3) is 7.22. The molecule has 1 aliphatic carbocycles.